The molecule has 0 aromatic heterocycles. The van der Waals surface area contributed by atoms with Gasteiger partial charge in [-0.15, -0.1) is 0 Å². The maximum Gasteiger partial charge on any atom is 0.252 e. The second kappa shape index (κ2) is 15.6. The number of fused-ring (bicyclic) bond motifs is 5. The molecule has 0 atom stereocenters. The molecule has 338 valence electrons. The second-order valence-corrected chi connectivity index (χ2v) is 23.1. The number of hydrogen-bond acceptors (Lipinski definition) is 3. The molecule has 3 nitrogen and oxygen atoms in total. The maximum atomic E-state index is 2.64. The van der Waals surface area contributed by atoms with Crippen molar-refractivity contribution in [3.05, 3.63) is 204 Å². The number of rotatable bonds is 6. The molecule has 0 spiro atoms. The van der Waals surface area contributed by atoms with Gasteiger partial charge in [0.2, 0.25) is 0 Å². The average molecular weight is 886 g/mol. The number of hydrogen-bond donors (Lipinski definition) is 0. The zero-order valence-electron chi connectivity index (χ0n) is 41.9. The molecule has 2 heterocycles. The van der Waals surface area contributed by atoms with Gasteiger partial charge in [0.1, 0.15) is 0 Å². The Morgan fingerprint density at radius 2 is 0.971 bits per heavy atom. The van der Waals surface area contributed by atoms with Crippen LogP contribution >= 0.6 is 0 Å². The van der Waals surface area contributed by atoms with Gasteiger partial charge >= 0.3 is 0 Å². The molecule has 0 saturated carbocycles. The van der Waals surface area contributed by atoms with E-state index in [4.69, 9.17) is 0 Å². The summed E-state index contributed by atoms with van der Waals surface area (Å²) in [5, 5.41) is 0. The van der Waals surface area contributed by atoms with Gasteiger partial charge in [-0.3, -0.25) is 0 Å². The first-order valence-electron chi connectivity index (χ1n) is 24.7. The smallest absolute Gasteiger partial charge is 0.252 e. The third-order valence-electron chi connectivity index (χ3n) is 15.2. The molecule has 1 aliphatic carbocycles. The zero-order chi connectivity index (χ0) is 47.5. The molecule has 0 saturated heterocycles. The maximum absolute atomic E-state index is 2.64. The number of nitrogens with zero attached hydrogens (tertiary/aromatic N) is 3. The van der Waals surface area contributed by atoms with Crippen molar-refractivity contribution >= 4 is 74.3 Å². The van der Waals surface area contributed by atoms with Crippen LogP contribution in [0.15, 0.2) is 176 Å². The Bertz CT molecular complexity index is 3190. The standard InChI is InChI=1S/C64H64BN3/c1-42-27-28-44(43-21-15-12-16-22-43)35-56(42)68-55-34-31-46(62(5,6)7)36-53(55)65-54-39-51-52(64(10,11)41-63(51,8)9)40-57(54)67(49-32-29-45(30-33-49)61(2,3)4)58-37-50(38-59(68)60(58)65)66(47-23-17-13-18-24-47)48-25-19-14-20-26-48/h12-40H,41H2,1-11H3. The first kappa shape index (κ1) is 43.8. The predicted molar refractivity (Wildman–Crippen MR) is 293 cm³/mol. The van der Waals surface area contributed by atoms with Gasteiger partial charge in [0.05, 0.1) is 5.69 Å². The SMILES string of the molecule is Cc1ccc(-c2ccccc2)cc1N1c2ccc(C(C)(C)C)cc2B2c3cc4c(cc3N(c3ccc(C(C)(C)C)cc3)c3cc(N(c5ccccc5)c5ccccc5)cc1c32)C(C)(C)CC4(C)C. The lowest BCUT2D eigenvalue weighted by Gasteiger charge is -2.46. The Kier molecular flexibility index (Phi) is 10.1. The van der Waals surface area contributed by atoms with E-state index in [1.54, 1.807) is 0 Å². The van der Waals surface area contributed by atoms with Crippen molar-refractivity contribution in [3.8, 4) is 11.1 Å². The lowest BCUT2D eigenvalue weighted by Crippen LogP contribution is -2.61. The third kappa shape index (κ3) is 7.18. The summed E-state index contributed by atoms with van der Waals surface area (Å²) in [6.07, 6.45) is 1.10. The fourth-order valence-corrected chi connectivity index (χ4v) is 12.0. The normalized spacial score (nSPS) is 15.4. The zero-order valence-corrected chi connectivity index (χ0v) is 41.9. The lowest BCUT2D eigenvalue weighted by molar-refractivity contribution is 0.403. The van der Waals surface area contributed by atoms with Crippen LogP contribution in [0, 0.1) is 6.92 Å². The van der Waals surface area contributed by atoms with Gasteiger partial charge in [-0.25, -0.2) is 0 Å². The highest BCUT2D eigenvalue weighted by atomic mass is 15.2. The summed E-state index contributed by atoms with van der Waals surface area (Å²) in [4.78, 5) is 7.68. The van der Waals surface area contributed by atoms with Crippen LogP contribution in [0.4, 0.5) is 51.2 Å². The van der Waals surface area contributed by atoms with Crippen LogP contribution in [0.1, 0.15) is 103 Å². The Morgan fingerprint density at radius 1 is 0.441 bits per heavy atom. The van der Waals surface area contributed by atoms with E-state index in [0.29, 0.717) is 0 Å². The molecule has 8 aromatic carbocycles. The highest BCUT2D eigenvalue weighted by Gasteiger charge is 2.48. The van der Waals surface area contributed by atoms with Gasteiger partial charge in [-0.2, -0.15) is 0 Å². The minimum Gasteiger partial charge on any atom is -0.311 e. The van der Waals surface area contributed by atoms with Crippen molar-refractivity contribution in [2.24, 2.45) is 0 Å². The summed E-state index contributed by atoms with van der Waals surface area (Å²) in [5.74, 6) is 0. The van der Waals surface area contributed by atoms with Crippen LogP contribution in [0.2, 0.25) is 0 Å². The molecule has 2 aliphatic heterocycles. The molecule has 0 N–H and O–H groups in total. The van der Waals surface area contributed by atoms with E-state index < -0.39 is 0 Å². The van der Waals surface area contributed by atoms with Gasteiger partial charge in [-0.05, 0) is 157 Å². The number of benzene rings is 8. The van der Waals surface area contributed by atoms with Crippen LogP contribution in [0.3, 0.4) is 0 Å². The summed E-state index contributed by atoms with van der Waals surface area (Å²) >= 11 is 0. The van der Waals surface area contributed by atoms with Crippen LogP contribution in [-0.4, -0.2) is 6.71 Å². The van der Waals surface area contributed by atoms with E-state index in [2.05, 4.69) is 267 Å². The van der Waals surface area contributed by atoms with Gasteiger partial charge in [0.25, 0.3) is 6.71 Å². The van der Waals surface area contributed by atoms with E-state index in [0.717, 1.165) is 23.5 Å². The summed E-state index contributed by atoms with van der Waals surface area (Å²) in [6, 6.07) is 66.7. The highest BCUT2D eigenvalue weighted by molar-refractivity contribution is 7.00. The fraction of sp³-hybridized carbons (Fsp3) is 0.250. The van der Waals surface area contributed by atoms with Crippen molar-refractivity contribution in [2.75, 3.05) is 14.7 Å². The molecule has 4 heteroatoms. The summed E-state index contributed by atoms with van der Waals surface area (Å²) in [7, 11) is 0. The van der Waals surface area contributed by atoms with Gasteiger partial charge in [0, 0.05) is 45.5 Å². The Balaban J connectivity index is 1.30. The summed E-state index contributed by atoms with van der Waals surface area (Å²) < 4.78 is 0. The molecule has 0 amide bonds. The monoisotopic (exact) mass is 886 g/mol. The molecule has 8 aromatic rings. The van der Waals surface area contributed by atoms with Gasteiger partial charge < -0.3 is 14.7 Å². The molecule has 0 fully saturated rings. The number of anilines is 9. The van der Waals surface area contributed by atoms with Gasteiger partial charge in [-0.1, -0.05) is 178 Å². The molecular weight excluding hydrogens is 822 g/mol. The topological polar surface area (TPSA) is 9.72 Å². The second-order valence-electron chi connectivity index (χ2n) is 23.1. The number of para-hydroxylation sites is 2. The first-order valence-corrected chi connectivity index (χ1v) is 24.7. The molecule has 0 radical (unpaired) electrons. The van der Waals surface area contributed by atoms with Gasteiger partial charge in [0.15, 0.2) is 0 Å². The Morgan fingerprint density at radius 3 is 1.56 bits per heavy atom. The van der Waals surface area contributed by atoms with Crippen molar-refractivity contribution in [2.45, 2.75) is 104 Å². The molecule has 3 aliphatic rings. The van der Waals surface area contributed by atoms with Crippen molar-refractivity contribution in [3.63, 3.8) is 0 Å². The largest absolute Gasteiger partial charge is 0.311 e. The summed E-state index contributed by atoms with van der Waals surface area (Å²) in [5.41, 5.74) is 23.9. The van der Waals surface area contributed by atoms with Crippen molar-refractivity contribution in [1.82, 2.24) is 0 Å². The molecule has 68 heavy (non-hydrogen) atoms. The lowest BCUT2D eigenvalue weighted by atomic mass is 9.33. The third-order valence-corrected chi connectivity index (χ3v) is 15.2. The Labute approximate surface area is 406 Å². The van der Waals surface area contributed by atoms with Crippen LogP contribution in [-0.2, 0) is 21.7 Å². The van der Waals surface area contributed by atoms with Crippen molar-refractivity contribution in [1.29, 1.82) is 0 Å². The minimum absolute atomic E-state index is 0.0162. The average Bonchev–Trinajstić information content (AvgIpc) is 3.50. The van der Waals surface area contributed by atoms with E-state index in [1.165, 1.54) is 89.5 Å². The predicted octanol–water partition coefficient (Wildman–Crippen LogP) is 15.8. The highest BCUT2D eigenvalue weighted by Crippen LogP contribution is 2.54. The van der Waals surface area contributed by atoms with Crippen LogP contribution in [0.5, 0.6) is 0 Å². The minimum atomic E-state index is -0.0515. The van der Waals surface area contributed by atoms with E-state index in [1.807, 2.05) is 0 Å². The summed E-state index contributed by atoms with van der Waals surface area (Å²) in [6.45, 7) is 26.1. The van der Waals surface area contributed by atoms with E-state index in [9.17, 15) is 0 Å². The van der Waals surface area contributed by atoms with E-state index >= 15 is 0 Å². The molecule has 11 rings (SSSR count). The van der Waals surface area contributed by atoms with Crippen LogP contribution < -0.4 is 31.1 Å². The van der Waals surface area contributed by atoms with Crippen LogP contribution in [0.25, 0.3) is 11.1 Å². The first-order chi connectivity index (χ1) is 32.4. The molecular formula is C64H64BN3. The molecule has 0 unspecified atom stereocenters. The Hall–Kier alpha value is -6.78. The molecule has 0 bridgehead atoms. The van der Waals surface area contributed by atoms with E-state index in [-0.39, 0.29) is 28.4 Å². The fourth-order valence-electron chi connectivity index (χ4n) is 12.0. The number of aryl methyl sites for hydroxylation is 1. The van der Waals surface area contributed by atoms with Crippen molar-refractivity contribution < 1.29 is 0 Å². The quantitative estimate of drug-likeness (QED) is 0.154.